The Labute approximate surface area is 157 Å². The zero-order valence-electron chi connectivity index (χ0n) is 15.3. The van der Waals surface area contributed by atoms with E-state index < -0.39 is 0 Å². The molecule has 27 heavy (non-hydrogen) atoms. The maximum absolute atomic E-state index is 12.4. The van der Waals surface area contributed by atoms with Gasteiger partial charge in [0.2, 0.25) is 5.91 Å². The number of nitrogens with zero attached hydrogens (tertiary/aromatic N) is 3. The third-order valence-corrected chi connectivity index (χ3v) is 5.31. The molecule has 1 atom stereocenters. The second kappa shape index (κ2) is 6.98. The van der Waals surface area contributed by atoms with Crippen molar-refractivity contribution in [2.75, 3.05) is 18.4 Å². The van der Waals surface area contributed by atoms with Gasteiger partial charge in [-0.2, -0.15) is 0 Å². The Morgan fingerprint density at radius 1 is 1.37 bits per heavy atom. The summed E-state index contributed by atoms with van der Waals surface area (Å²) >= 11 is 0. The monoisotopic (exact) mass is 365 g/mol. The molecule has 2 N–H and O–H groups in total. The lowest BCUT2D eigenvalue weighted by atomic mass is 9.88. The van der Waals surface area contributed by atoms with Crippen LogP contribution in [0.25, 0.3) is 11.3 Å². The second-order valence-corrected chi connectivity index (χ2v) is 7.39. The lowest BCUT2D eigenvalue weighted by Gasteiger charge is -2.43. The fourth-order valence-corrected chi connectivity index (χ4v) is 3.65. The van der Waals surface area contributed by atoms with Gasteiger partial charge in [0.25, 0.3) is 5.56 Å². The van der Waals surface area contributed by atoms with Crippen molar-refractivity contribution in [1.82, 2.24) is 19.9 Å². The first-order valence-corrected chi connectivity index (χ1v) is 9.25. The van der Waals surface area contributed by atoms with E-state index in [1.807, 2.05) is 13.0 Å². The van der Waals surface area contributed by atoms with Gasteiger partial charge in [0.15, 0.2) is 0 Å². The molecule has 0 bridgehead atoms. The number of H-pyrrole nitrogens is 1. The van der Waals surface area contributed by atoms with Gasteiger partial charge in [-0.15, -0.1) is 0 Å². The van der Waals surface area contributed by atoms with Gasteiger partial charge < -0.3 is 15.2 Å². The minimum atomic E-state index is -0.150. The summed E-state index contributed by atoms with van der Waals surface area (Å²) in [6, 6.07) is 2.03. The zero-order chi connectivity index (χ0) is 19.0. The number of carbonyl (C=O) groups is 1. The van der Waals surface area contributed by atoms with Crippen LogP contribution in [-0.4, -0.2) is 44.9 Å². The Kier molecular flexibility index (Phi) is 4.51. The molecule has 1 unspecified atom stereocenters. The summed E-state index contributed by atoms with van der Waals surface area (Å²) in [4.78, 5) is 37.3. The number of amides is 1. The smallest absolute Gasteiger partial charge is 0.271 e. The first-order valence-electron chi connectivity index (χ1n) is 9.25. The summed E-state index contributed by atoms with van der Waals surface area (Å²) in [5.41, 5.74) is 2.76. The molecule has 1 saturated heterocycles. The minimum absolute atomic E-state index is 0.0290. The van der Waals surface area contributed by atoms with Crippen LogP contribution in [0.2, 0.25) is 0 Å². The van der Waals surface area contributed by atoms with Gasteiger partial charge >= 0.3 is 0 Å². The highest BCUT2D eigenvalue weighted by Crippen LogP contribution is 2.40. The third-order valence-electron chi connectivity index (χ3n) is 5.31. The van der Waals surface area contributed by atoms with E-state index in [-0.39, 0.29) is 17.5 Å². The molecule has 0 aromatic carbocycles. The van der Waals surface area contributed by atoms with E-state index in [1.54, 1.807) is 23.5 Å². The van der Waals surface area contributed by atoms with Crippen LogP contribution in [0.15, 0.2) is 42.1 Å². The van der Waals surface area contributed by atoms with Gasteiger partial charge in [0.05, 0.1) is 17.6 Å². The molecule has 4 rings (SSSR count). The molecule has 0 radical (unpaired) electrons. The summed E-state index contributed by atoms with van der Waals surface area (Å²) in [6.45, 7) is 6.84. The third kappa shape index (κ3) is 3.63. The Morgan fingerprint density at radius 3 is 2.81 bits per heavy atom. The van der Waals surface area contributed by atoms with Gasteiger partial charge in [-0.05, 0) is 37.8 Å². The van der Waals surface area contributed by atoms with Crippen LogP contribution in [0.5, 0.6) is 0 Å². The Hall–Kier alpha value is -2.96. The van der Waals surface area contributed by atoms with Crippen LogP contribution in [-0.2, 0) is 4.79 Å². The lowest BCUT2D eigenvalue weighted by Crippen LogP contribution is -2.56. The predicted octanol–water partition coefficient (Wildman–Crippen LogP) is 1.98. The summed E-state index contributed by atoms with van der Waals surface area (Å²) < 4.78 is 0. The molecule has 2 fully saturated rings. The van der Waals surface area contributed by atoms with Crippen molar-refractivity contribution in [3.05, 3.63) is 53.4 Å². The largest absolute Gasteiger partial charge is 0.377 e. The number of aromatic nitrogens is 3. The molecule has 2 aromatic heterocycles. The predicted molar refractivity (Wildman–Crippen MR) is 103 cm³/mol. The molecule has 1 saturated carbocycles. The van der Waals surface area contributed by atoms with Crippen molar-refractivity contribution in [3.63, 3.8) is 0 Å². The molecule has 0 spiro atoms. The van der Waals surface area contributed by atoms with Crippen LogP contribution in [0.3, 0.4) is 0 Å². The molecule has 1 aliphatic heterocycles. The van der Waals surface area contributed by atoms with E-state index in [0.29, 0.717) is 30.6 Å². The molecule has 1 amide bonds. The molecule has 2 aliphatic rings. The van der Waals surface area contributed by atoms with Crippen molar-refractivity contribution in [1.29, 1.82) is 0 Å². The van der Waals surface area contributed by atoms with Crippen molar-refractivity contribution in [2.45, 2.75) is 25.8 Å². The van der Waals surface area contributed by atoms with Crippen LogP contribution < -0.4 is 10.9 Å². The molecule has 7 nitrogen and oxygen atoms in total. The minimum Gasteiger partial charge on any atom is -0.377 e. The van der Waals surface area contributed by atoms with Gasteiger partial charge in [0, 0.05) is 43.0 Å². The van der Waals surface area contributed by atoms with E-state index in [1.165, 1.54) is 6.08 Å². The zero-order valence-corrected chi connectivity index (χ0v) is 15.3. The molecule has 7 heteroatoms. The average Bonchev–Trinajstić information content (AvgIpc) is 3.46. The summed E-state index contributed by atoms with van der Waals surface area (Å²) in [6.07, 6.45) is 8.72. The highest BCUT2D eigenvalue weighted by atomic mass is 16.2. The molecular formula is C20H23N5O2. The standard InChI is InChI=1S/C20H23N5O2/c1-3-18(26)25-10-15(11-25)19(13-4-5-13)24-16-6-14(8-22-20(16)27)17-9-21-7-12(2)23-17/h3,6-9,13,15,19,24H,1,4-5,10-11H2,2H3,(H,22,27). The van der Waals surface area contributed by atoms with Gasteiger partial charge in [0.1, 0.15) is 5.69 Å². The highest BCUT2D eigenvalue weighted by molar-refractivity contribution is 5.87. The van der Waals surface area contributed by atoms with Crippen LogP contribution in [0, 0.1) is 18.8 Å². The number of carbonyl (C=O) groups excluding carboxylic acids is 1. The highest BCUT2D eigenvalue weighted by Gasteiger charge is 2.43. The fourth-order valence-electron chi connectivity index (χ4n) is 3.65. The van der Waals surface area contributed by atoms with Crippen molar-refractivity contribution in [3.8, 4) is 11.3 Å². The van der Waals surface area contributed by atoms with E-state index >= 15 is 0 Å². The number of hydrogen-bond donors (Lipinski definition) is 2. The molecule has 1 aliphatic carbocycles. The maximum atomic E-state index is 12.4. The number of nitrogens with one attached hydrogen (secondary N) is 2. The lowest BCUT2D eigenvalue weighted by molar-refractivity contribution is -0.132. The van der Waals surface area contributed by atoms with E-state index in [2.05, 4.69) is 26.8 Å². The number of aryl methyl sites for hydroxylation is 1. The molecule has 3 heterocycles. The number of likely N-dealkylation sites (tertiary alicyclic amines) is 1. The summed E-state index contributed by atoms with van der Waals surface area (Å²) in [7, 11) is 0. The van der Waals surface area contributed by atoms with E-state index in [4.69, 9.17) is 0 Å². The van der Waals surface area contributed by atoms with Gasteiger partial charge in [-0.25, -0.2) is 4.98 Å². The molecular weight excluding hydrogens is 342 g/mol. The van der Waals surface area contributed by atoms with Crippen LogP contribution in [0.1, 0.15) is 18.5 Å². The molecule has 2 aromatic rings. The Balaban J connectivity index is 1.54. The molecule has 140 valence electrons. The van der Waals surface area contributed by atoms with Crippen LogP contribution in [0.4, 0.5) is 5.69 Å². The van der Waals surface area contributed by atoms with Crippen molar-refractivity contribution >= 4 is 11.6 Å². The Bertz CT molecular complexity index is 928. The first kappa shape index (κ1) is 17.5. The normalized spacial score (nSPS) is 17.9. The number of hydrogen-bond acceptors (Lipinski definition) is 5. The van der Waals surface area contributed by atoms with E-state index in [9.17, 15) is 9.59 Å². The fraction of sp³-hybridized carbons (Fsp3) is 0.400. The van der Waals surface area contributed by atoms with Gasteiger partial charge in [-0.3, -0.25) is 14.6 Å². The number of anilines is 1. The number of aromatic amines is 1. The topological polar surface area (TPSA) is 91.0 Å². The van der Waals surface area contributed by atoms with Gasteiger partial charge in [-0.1, -0.05) is 6.58 Å². The number of rotatable bonds is 6. The average molecular weight is 365 g/mol. The number of pyridine rings is 1. The van der Waals surface area contributed by atoms with E-state index in [0.717, 1.165) is 29.8 Å². The second-order valence-electron chi connectivity index (χ2n) is 7.39. The first-order chi connectivity index (χ1) is 13.0. The van der Waals surface area contributed by atoms with Crippen molar-refractivity contribution in [2.24, 2.45) is 11.8 Å². The summed E-state index contributed by atoms with van der Waals surface area (Å²) in [5.74, 6) is 0.875. The quantitative estimate of drug-likeness (QED) is 0.764. The summed E-state index contributed by atoms with van der Waals surface area (Å²) in [5, 5.41) is 3.46. The maximum Gasteiger partial charge on any atom is 0.271 e. The van der Waals surface area contributed by atoms with Crippen molar-refractivity contribution < 1.29 is 4.79 Å². The SMILES string of the molecule is C=CC(=O)N1CC(C(Nc2cc(-c3cncc(C)n3)c[nH]c2=O)C2CC2)C1. The Morgan fingerprint density at radius 2 is 2.15 bits per heavy atom. The van der Waals surface area contributed by atoms with Crippen LogP contribution >= 0.6 is 0 Å².